The van der Waals surface area contributed by atoms with Crippen molar-refractivity contribution in [1.82, 2.24) is 24.7 Å². The van der Waals surface area contributed by atoms with E-state index in [4.69, 9.17) is 18.1 Å². The molecule has 2 aromatic rings. The zero-order valence-corrected chi connectivity index (χ0v) is 20.6. The predicted octanol–water partition coefficient (Wildman–Crippen LogP) is 0.380. The molecule has 0 radical (unpaired) electrons. The van der Waals surface area contributed by atoms with Gasteiger partial charge < -0.3 is 23.6 Å². The second kappa shape index (κ2) is 13.4. The van der Waals surface area contributed by atoms with Crippen LogP contribution < -0.4 is 10.6 Å². The van der Waals surface area contributed by atoms with Gasteiger partial charge in [-0.3, -0.25) is 9.00 Å². The number of para-hydroxylation sites is 1. The Balaban J connectivity index is 0.000000945. The molecule has 1 aromatic heterocycles. The number of hydrogen-bond acceptors (Lipinski definition) is 9. The first-order chi connectivity index (χ1) is 16.3. The minimum atomic E-state index is -3.11. The fourth-order valence-corrected chi connectivity index (χ4v) is 4.19. The summed E-state index contributed by atoms with van der Waals surface area (Å²) in [6.07, 6.45) is 2.05. The number of piperidine rings is 1. The van der Waals surface area contributed by atoms with E-state index in [1.165, 1.54) is 9.36 Å². The number of benzene rings is 1. The Morgan fingerprint density at radius 3 is 2.21 bits per heavy atom. The third-order valence-electron chi connectivity index (χ3n) is 5.87. The highest BCUT2D eigenvalue weighted by molar-refractivity contribution is 7.72. The van der Waals surface area contributed by atoms with Crippen LogP contribution >= 0.6 is 0 Å². The van der Waals surface area contributed by atoms with Crippen molar-refractivity contribution in [2.45, 2.75) is 51.7 Å². The van der Waals surface area contributed by atoms with Gasteiger partial charge in [-0.15, -0.1) is 11.4 Å². The Bertz CT molecular complexity index is 970. The molecule has 0 saturated carbocycles. The van der Waals surface area contributed by atoms with Gasteiger partial charge in [0.2, 0.25) is 5.91 Å². The summed E-state index contributed by atoms with van der Waals surface area (Å²) in [4.78, 5) is 29.4. The maximum absolute atomic E-state index is 13.0. The van der Waals surface area contributed by atoms with Crippen LogP contribution in [0.15, 0.2) is 35.1 Å². The number of nitrogens with zero attached hydrogens (tertiary/aromatic N) is 6. The fraction of sp³-hybridized carbons (Fsp3) is 0.619. The van der Waals surface area contributed by atoms with E-state index in [0.717, 1.165) is 38.2 Å². The number of likely N-dealkylation sites (tertiary alicyclic amines) is 1. The van der Waals surface area contributed by atoms with Gasteiger partial charge in [-0.1, -0.05) is 25.1 Å². The standard InChI is InChI=1S/C21H32N6O3.H2O3S/c1-4-19(28)27(18-9-7-6-8-10-18)21(17-30-3)11-13-24(14-12-21)15-16-26-20(29)25(5-2)22-23-26;1-4(2)3/h6-10H,4-5,11-17H2,1-3H3;(H2,1,2,3)/p-2. The van der Waals surface area contributed by atoms with Crippen LogP contribution in [0.25, 0.3) is 0 Å². The van der Waals surface area contributed by atoms with E-state index in [1.807, 2.05) is 49.1 Å². The minimum Gasteiger partial charge on any atom is -0.784 e. The molecule has 0 spiro atoms. The molecule has 1 fully saturated rings. The molecule has 1 saturated heterocycles. The third kappa shape index (κ3) is 7.27. The monoisotopic (exact) mass is 496 g/mol. The van der Waals surface area contributed by atoms with Gasteiger partial charge in [0, 0.05) is 45.4 Å². The Labute approximate surface area is 201 Å². The van der Waals surface area contributed by atoms with Gasteiger partial charge in [-0.05, 0) is 42.3 Å². The van der Waals surface area contributed by atoms with E-state index >= 15 is 0 Å². The van der Waals surface area contributed by atoms with Crippen LogP contribution in [-0.4, -0.2) is 82.8 Å². The number of tetrazole rings is 1. The Hall–Kier alpha value is -2.45. The molecule has 1 aromatic carbocycles. The van der Waals surface area contributed by atoms with E-state index in [1.54, 1.807) is 7.11 Å². The van der Waals surface area contributed by atoms with E-state index in [2.05, 4.69) is 15.3 Å². The van der Waals surface area contributed by atoms with Gasteiger partial charge in [-0.25, -0.2) is 4.79 Å². The van der Waals surface area contributed by atoms with E-state index < -0.39 is 11.4 Å². The quantitative estimate of drug-likeness (QED) is 0.449. The number of aromatic nitrogens is 4. The molecule has 1 aliphatic rings. The summed E-state index contributed by atoms with van der Waals surface area (Å²) in [7, 11) is 1.69. The molecule has 190 valence electrons. The SMILES string of the molecule is CCC(=O)N(c1ccccc1)C1(COC)CCN(CCn2nnn(CC)c2=O)CC1.O=S([O-])[O-]. The van der Waals surface area contributed by atoms with Crippen molar-refractivity contribution >= 4 is 23.0 Å². The molecule has 12 nitrogen and oxygen atoms in total. The van der Waals surface area contributed by atoms with Crippen molar-refractivity contribution in [2.75, 3.05) is 38.3 Å². The lowest BCUT2D eigenvalue weighted by Gasteiger charge is -2.48. The highest BCUT2D eigenvalue weighted by atomic mass is 32.2. The van der Waals surface area contributed by atoms with E-state index in [-0.39, 0.29) is 17.1 Å². The lowest BCUT2D eigenvalue weighted by atomic mass is 9.85. The topological polar surface area (TPSA) is 149 Å². The lowest BCUT2D eigenvalue weighted by Crippen LogP contribution is -2.60. The van der Waals surface area contributed by atoms with Gasteiger partial charge in [-0.2, -0.15) is 9.36 Å². The number of ether oxygens (including phenoxy) is 1. The van der Waals surface area contributed by atoms with Crippen LogP contribution in [0.5, 0.6) is 0 Å². The lowest BCUT2D eigenvalue weighted by molar-refractivity contribution is -0.120. The van der Waals surface area contributed by atoms with Crippen molar-refractivity contribution in [3.8, 4) is 0 Å². The molecule has 0 N–H and O–H groups in total. The van der Waals surface area contributed by atoms with Crippen LogP contribution in [0.4, 0.5) is 5.69 Å². The van der Waals surface area contributed by atoms with Crippen molar-refractivity contribution in [2.24, 2.45) is 0 Å². The summed E-state index contributed by atoms with van der Waals surface area (Å²) in [6.45, 7) is 7.64. The maximum atomic E-state index is 13.0. The molecule has 0 atom stereocenters. The molecular weight excluding hydrogens is 464 g/mol. The average molecular weight is 497 g/mol. The molecule has 34 heavy (non-hydrogen) atoms. The normalized spacial score (nSPS) is 15.6. The molecule has 13 heteroatoms. The number of anilines is 1. The maximum Gasteiger partial charge on any atom is 0.363 e. The number of methoxy groups -OCH3 is 1. The van der Waals surface area contributed by atoms with E-state index in [0.29, 0.717) is 26.1 Å². The van der Waals surface area contributed by atoms with Crippen molar-refractivity contribution in [3.05, 3.63) is 40.8 Å². The Morgan fingerprint density at radius 1 is 1.12 bits per heavy atom. The van der Waals surface area contributed by atoms with E-state index in [9.17, 15) is 9.59 Å². The zero-order chi connectivity index (χ0) is 25.1. The third-order valence-corrected chi connectivity index (χ3v) is 5.87. The summed E-state index contributed by atoms with van der Waals surface area (Å²) in [5, 5.41) is 7.82. The van der Waals surface area contributed by atoms with Crippen LogP contribution in [-0.2, 0) is 34.0 Å². The van der Waals surface area contributed by atoms with Gasteiger partial charge in [0.15, 0.2) is 0 Å². The van der Waals surface area contributed by atoms with Gasteiger partial charge >= 0.3 is 5.69 Å². The molecule has 3 rings (SSSR count). The first-order valence-corrected chi connectivity index (χ1v) is 12.1. The van der Waals surface area contributed by atoms with Gasteiger partial charge in [0.1, 0.15) is 0 Å². The molecule has 1 amide bonds. The van der Waals surface area contributed by atoms with Crippen LogP contribution in [0.3, 0.4) is 0 Å². The minimum absolute atomic E-state index is 0.106. The summed E-state index contributed by atoms with van der Waals surface area (Å²) in [5.74, 6) is 0.106. The number of amides is 1. The molecule has 0 bridgehead atoms. The fourth-order valence-electron chi connectivity index (χ4n) is 4.19. The van der Waals surface area contributed by atoms with Crippen LogP contribution in [0.2, 0.25) is 0 Å². The molecule has 2 heterocycles. The van der Waals surface area contributed by atoms with Gasteiger partial charge in [0.05, 0.1) is 18.7 Å². The first kappa shape index (κ1) is 27.8. The van der Waals surface area contributed by atoms with Crippen molar-refractivity contribution in [1.29, 1.82) is 0 Å². The summed E-state index contributed by atoms with van der Waals surface area (Å²) >= 11 is -3.11. The highest BCUT2D eigenvalue weighted by Crippen LogP contribution is 2.34. The predicted molar refractivity (Wildman–Crippen MR) is 124 cm³/mol. The van der Waals surface area contributed by atoms with Crippen molar-refractivity contribution in [3.63, 3.8) is 0 Å². The molecular formula is C21H32N6O6S-2. The summed E-state index contributed by atoms with van der Waals surface area (Å²) < 4.78 is 33.7. The van der Waals surface area contributed by atoms with Gasteiger partial charge in [0.25, 0.3) is 0 Å². The van der Waals surface area contributed by atoms with Crippen LogP contribution in [0.1, 0.15) is 33.1 Å². The number of aryl methyl sites for hydroxylation is 1. The number of carbonyl (C=O) groups is 1. The molecule has 0 unspecified atom stereocenters. The Kier molecular flexibility index (Phi) is 11.0. The van der Waals surface area contributed by atoms with Crippen LogP contribution in [0, 0.1) is 0 Å². The second-order valence-corrected chi connectivity index (χ2v) is 8.33. The molecule has 0 aliphatic carbocycles. The highest BCUT2D eigenvalue weighted by Gasteiger charge is 2.42. The number of carbonyl (C=O) groups excluding carboxylic acids is 1. The largest absolute Gasteiger partial charge is 0.784 e. The zero-order valence-electron chi connectivity index (χ0n) is 19.8. The summed E-state index contributed by atoms with van der Waals surface area (Å²) in [6, 6.07) is 9.85. The van der Waals surface area contributed by atoms with Crippen molar-refractivity contribution < 1.29 is 22.8 Å². The number of rotatable bonds is 9. The smallest absolute Gasteiger partial charge is 0.363 e. The average Bonchev–Trinajstić information content (AvgIpc) is 3.18. The first-order valence-electron chi connectivity index (χ1n) is 11.1. The second-order valence-electron chi connectivity index (χ2n) is 7.92. The number of hydrogen-bond donors (Lipinski definition) is 0. The Morgan fingerprint density at radius 2 is 1.71 bits per heavy atom. The summed E-state index contributed by atoms with van der Waals surface area (Å²) in [5.41, 5.74) is 0.367. The molecule has 1 aliphatic heterocycles.